The first-order chi connectivity index (χ1) is 20.1. The van der Waals surface area contributed by atoms with Crippen LogP contribution in [0.2, 0.25) is 5.02 Å². The fourth-order valence-corrected chi connectivity index (χ4v) is 5.39. The van der Waals surface area contributed by atoms with Crippen LogP contribution in [-0.2, 0) is 0 Å². The minimum absolute atomic E-state index is 0.0772. The molecule has 0 fully saturated rings. The summed E-state index contributed by atoms with van der Waals surface area (Å²) < 4.78 is 16.9. The summed E-state index contributed by atoms with van der Waals surface area (Å²) in [5, 5.41) is 12.4. The van der Waals surface area contributed by atoms with Gasteiger partial charge in [-0.15, -0.1) is 0 Å². The van der Waals surface area contributed by atoms with Gasteiger partial charge in [0.2, 0.25) is 5.75 Å². The van der Waals surface area contributed by atoms with Crippen molar-refractivity contribution < 1.29 is 14.2 Å². The molecular weight excluding hydrogens is 536 g/mol. The maximum absolute atomic E-state index is 6.19. The minimum Gasteiger partial charge on any atom is -0.493 e. The van der Waals surface area contributed by atoms with Crippen molar-refractivity contribution >= 4 is 45.3 Å². The first kappa shape index (κ1) is 26.5. The fraction of sp³-hybridized carbons (Fsp3) is 0.152. The number of para-hydroxylation sites is 1. The standard InChI is InChI=1S/C33H29ClN4O3/c1-39-31-17-22(18-32(40-2)33(31)41-3)30-20-28(37-38(30)25-10-5-4-6-11-25)21-8-7-9-24(16-21)36-27-14-15-35-29-19-23(34)12-13-26(27)29/h4-19,30H,20H2,1-3H3,(H,35,36). The molecule has 0 aliphatic carbocycles. The molecular formula is C33H29ClN4O3. The number of pyridine rings is 1. The zero-order chi connectivity index (χ0) is 28.3. The largest absolute Gasteiger partial charge is 0.493 e. The molecule has 1 N–H and O–H groups in total. The van der Waals surface area contributed by atoms with E-state index in [2.05, 4.69) is 39.6 Å². The molecule has 2 heterocycles. The molecule has 1 aliphatic rings. The van der Waals surface area contributed by atoms with E-state index in [-0.39, 0.29) is 6.04 Å². The van der Waals surface area contributed by atoms with E-state index in [1.807, 2.05) is 66.7 Å². The second-order valence-electron chi connectivity index (χ2n) is 9.63. The number of nitrogens with one attached hydrogen (secondary N) is 1. The Morgan fingerprint density at radius 2 is 1.61 bits per heavy atom. The average Bonchev–Trinajstić information content (AvgIpc) is 3.46. The SMILES string of the molecule is COc1cc(C2CC(c3cccc(Nc4ccnc5cc(Cl)ccc45)c3)=NN2c2ccccc2)cc(OC)c1OC. The van der Waals surface area contributed by atoms with Gasteiger partial charge in [0.1, 0.15) is 0 Å². The van der Waals surface area contributed by atoms with Crippen LogP contribution >= 0.6 is 11.6 Å². The highest BCUT2D eigenvalue weighted by molar-refractivity contribution is 6.31. The van der Waals surface area contributed by atoms with E-state index in [0.29, 0.717) is 28.7 Å². The smallest absolute Gasteiger partial charge is 0.203 e. The third kappa shape index (κ3) is 5.24. The van der Waals surface area contributed by atoms with Crippen LogP contribution in [0, 0.1) is 0 Å². The van der Waals surface area contributed by atoms with Crippen molar-refractivity contribution in [1.82, 2.24) is 4.98 Å². The highest BCUT2D eigenvalue weighted by atomic mass is 35.5. The average molecular weight is 565 g/mol. The quantitative estimate of drug-likeness (QED) is 0.206. The second kappa shape index (κ2) is 11.4. The number of hydrazone groups is 1. The predicted octanol–water partition coefficient (Wildman–Crippen LogP) is 8.01. The summed E-state index contributed by atoms with van der Waals surface area (Å²) in [6.07, 6.45) is 2.47. The highest BCUT2D eigenvalue weighted by Gasteiger charge is 2.31. The maximum atomic E-state index is 6.19. The Hall–Kier alpha value is -4.75. The lowest BCUT2D eigenvalue weighted by Gasteiger charge is -2.25. The lowest BCUT2D eigenvalue weighted by Crippen LogP contribution is -2.18. The van der Waals surface area contributed by atoms with Gasteiger partial charge in [-0.2, -0.15) is 5.10 Å². The molecule has 7 nitrogen and oxygen atoms in total. The van der Waals surface area contributed by atoms with Gasteiger partial charge in [0, 0.05) is 34.4 Å². The fourth-order valence-electron chi connectivity index (χ4n) is 5.22. The van der Waals surface area contributed by atoms with Gasteiger partial charge in [0.25, 0.3) is 0 Å². The molecule has 206 valence electrons. The number of anilines is 3. The third-order valence-electron chi connectivity index (χ3n) is 7.18. The number of ether oxygens (including phenoxy) is 3. The Kier molecular flexibility index (Phi) is 7.35. The summed E-state index contributed by atoms with van der Waals surface area (Å²) in [5.41, 5.74) is 6.77. The van der Waals surface area contributed by atoms with E-state index in [0.717, 1.165) is 44.8 Å². The monoisotopic (exact) mass is 564 g/mol. The number of benzene rings is 4. The van der Waals surface area contributed by atoms with Crippen molar-refractivity contribution in [3.8, 4) is 17.2 Å². The van der Waals surface area contributed by atoms with Crippen LogP contribution < -0.4 is 24.5 Å². The van der Waals surface area contributed by atoms with E-state index < -0.39 is 0 Å². The van der Waals surface area contributed by atoms with Gasteiger partial charge in [-0.05, 0) is 71.8 Å². The molecule has 1 aliphatic heterocycles. The summed E-state index contributed by atoms with van der Waals surface area (Å²) >= 11 is 6.19. The highest BCUT2D eigenvalue weighted by Crippen LogP contribution is 2.44. The Labute approximate surface area is 244 Å². The van der Waals surface area contributed by atoms with E-state index in [4.69, 9.17) is 30.9 Å². The van der Waals surface area contributed by atoms with Gasteiger partial charge in [0.05, 0.1) is 44.3 Å². The first-order valence-electron chi connectivity index (χ1n) is 13.2. The van der Waals surface area contributed by atoms with Crippen molar-refractivity contribution in [3.63, 3.8) is 0 Å². The first-order valence-corrected chi connectivity index (χ1v) is 13.6. The van der Waals surface area contributed by atoms with Gasteiger partial charge in [-0.1, -0.05) is 41.9 Å². The molecule has 0 radical (unpaired) electrons. The number of rotatable bonds is 8. The van der Waals surface area contributed by atoms with Crippen LogP contribution in [0.1, 0.15) is 23.6 Å². The van der Waals surface area contributed by atoms with E-state index in [9.17, 15) is 0 Å². The number of nitrogens with zero attached hydrogens (tertiary/aromatic N) is 3. The minimum atomic E-state index is -0.0772. The molecule has 1 unspecified atom stereocenters. The molecule has 8 heteroatoms. The molecule has 0 amide bonds. The van der Waals surface area contributed by atoms with Gasteiger partial charge < -0.3 is 19.5 Å². The molecule has 0 spiro atoms. The molecule has 41 heavy (non-hydrogen) atoms. The van der Waals surface area contributed by atoms with E-state index >= 15 is 0 Å². The van der Waals surface area contributed by atoms with Gasteiger partial charge in [-0.3, -0.25) is 9.99 Å². The molecule has 6 rings (SSSR count). The summed E-state index contributed by atoms with van der Waals surface area (Å²) in [6.45, 7) is 0. The van der Waals surface area contributed by atoms with Crippen molar-refractivity contribution in [2.24, 2.45) is 5.10 Å². The Morgan fingerprint density at radius 1 is 0.829 bits per heavy atom. The lowest BCUT2D eigenvalue weighted by molar-refractivity contribution is 0.323. The van der Waals surface area contributed by atoms with Crippen molar-refractivity contribution in [2.45, 2.75) is 12.5 Å². The Bertz CT molecular complexity index is 1720. The molecule has 4 aromatic carbocycles. The van der Waals surface area contributed by atoms with Crippen molar-refractivity contribution in [2.75, 3.05) is 31.7 Å². The second-order valence-corrected chi connectivity index (χ2v) is 10.1. The predicted molar refractivity (Wildman–Crippen MR) is 165 cm³/mol. The Morgan fingerprint density at radius 3 is 2.34 bits per heavy atom. The summed E-state index contributed by atoms with van der Waals surface area (Å²) in [6, 6.07) is 30.1. The topological polar surface area (TPSA) is 68.2 Å². The summed E-state index contributed by atoms with van der Waals surface area (Å²) in [4.78, 5) is 4.46. The number of aromatic nitrogens is 1. The van der Waals surface area contributed by atoms with Gasteiger partial charge >= 0.3 is 0 Å². The summed E-state index contributed by atoms with van der Waals surface area (Å²) in [5.74, 6) is 1.79. The summed E-state index contributed by atoms with van der Waals surface area (Å²) in [7, 11) is 4.87. The molecule has 0 bridgehead atoms. The van der Waals surface area contributed by atoms with E-state index in [1.54, 1.807) is 27.5 Å². The van der Waals surface area contributed by atoms with Crippen molar-refractivity contribution in [3.05, 3.63) is 113 Å². The van der Waals surface area contributed by atoms with Gasteiger partial charge in [-0.25, -0.2) is 0 Å². The molecule has 0 saturated heterocycles. The normalized spacial score (nSPS) is 14.6. The van der Waals surface area contributed by atoms with Crippen LogP contribution in [-0.4, -0.2) is 32.0 Å². The van der Waals surface area contributed by atoms with Crippen LogP contribution in [0.15, 0.2) is 102 Å². The van der Waals surface area contributed by atoms with Crippen LogP contribution in [0.4, 0.5) is 17.1 Å². The van der Waals surface area contributed by atoms with Crippen LogP contribution in [0.3, 0.4) is 0 Å². The molecule has 5 aromatic rings. The van der Waals surface area contributed by atoms with Crippen LogP contribution in [0.5, 0.6) is 17.2 Å². The number of fused-ring (bicyclic) bond motifs is 1. The molecule has 0 saturated carbocycles. The maximum Gasteiger partial charge on any atom is 0.203 e. The number of methoxy groups -OCH3 is 3. The molecule has 1 atom stereocenters. The van der Waals surface area contributed by atoms with Crippen LogP contribution in [0.25, 0.3) is 10.9 Å². The van der Waals surface area contributed by atoms with Crippen molar-refractivity contribution in [1.29, 1.82) is 0 Å². The number of halogens is 1. The zero-order valence-corrected chi connectivity index (χ0v) is 23.7. The van der Waals surface area contributed by atoms with E-state index in [1.165, 1.54) is 0 Å². The number of hydrogen-bond acceptors (Lipinski definition) is 7. The molecule has 1 aromatic heterocycles. The third-order valence-corrected chi connectivity index (χ3v) is 7.42. The number of hydrogen-bond donors (Lipinski definition) is 1. The Balaban J connectivity index is 1.36. The zero-order valence-electron chi connectivity index (χ0n) is 23.0. The van der Waals surface area contributed by atoms with Gasteiger partial charge in [0.15, 0.2) is 11.5 Å². The lowest BCUT2D eigenvalue weighted by atomic mass is 9.97.